The molecule has 0 unspecified atom stereocenters. The van der Waals surface area contributed by atoms with Crippen molar-refractivity contribution in [1.29, 1.82) is 0 Å². The summed E-state index contributed by atoms with van der Waals surface area (Å²) < 4.78 is 5.40. The number of piperidine rings is 1. The van der Waals surface area contributed by atoms with Crippen LogP contribution in [0.15, 0.2) is 18.3 Å². The maximum Gasteiger partial charge on any atom is 0.410 e. The minimum atomic E-state index is -0.465. The first-order chi connectivity index (χ1) is 10.8. The van der Waals surface area contributed by atoms with Crippen LogP contribution in [0.2, 0.25) is 0 Å². The van der Waals surface area contributed by atoms with E-state index in [1.807, 2.05) is 33.9 Å². The van der Waals surface area contributed by atoms with E-state index in [9.17, 15) is 9.59 Å². The molecule has 1 aromatic heterocycles. The van der Waals surface area contributed by atoms with Crippen LogP contribution in [0.1, 0.15) is 44.1 Å². The van der Waals surface area contributed by atoms with Gasteiger partial charge in [0.2, 0.25) is 0 Å². The molecule has 0 spiro atoms. The van der Waals surface area contributed by atoms with Crippen LogP contribution in [0.5, 0.6) is 0 Å². The number of carbonyl (C=O) groups excluding carboxylic acids is 2. The van der Waals surface area contributed by atoms with Crippen molar-refractivity contribution in [2.45, 2.75) is 45.3 Å². The Hall–Kier alpha value is -1.82. The molecule has 1 saturated heterocycles. The molecule has 2 rings (SSSR count). The molecule has 0 aromatic carbocycles. The average Bonchev–Trinajstić information content (AvgIpc) is 3.00. The molecule has 6 nitrogen and oxygen atoms in total. The molecule has 2 heterocycles. The summed E-state index contributed by atoms with van der Waals surface area (Å²) in [6.45, 7) is 7.34. The van der Waals surface area contributed by atoms with E-state index < -0.39 is 5.60 Å². The Labute approximate surface area is 137 Å². The molecule has 23 heavy (non-hydrogen) atoms. The Morgan fingerprint density at radius 2 is 2.00 bits per heavy atom. The average molecular weight is 321 g/mol. The largest absolute Gasteiger partial charge is 0.444 e. The Morgan fingerprint density at radius 1 is 1.35 bits per heavy atom. The number of Topliss-reactive ketones (excluding diaryl/α,β-unsaturated/α-hetero) is 1. The molecular weight excluding hydrogens is 294 g/mol. The third kappa shape index (κ3) is 5.10. The van der Waals surface area contributed by atoms with Gasteiger partial charge in [-0.2, -0.15) is 0 Å². The highest BCUT2D eigenvalue weighted by Gasteiger charge is 2.29. The van der Waals surface area contributed by atoms with Crippen LogP contribution in [0.4, 0.5) is 4.79 Å². The number of likely N-dealkylation sites (tertiary alicyclic amines) is 1. The topological polar surface area (TPSA) is 65.6 Å². The van der Waals surface area contributed by atoms with Crippen LogP contribution in [-0.4, -0.2) is 65.0 Å². The number of ketones is 1. The van der Waals surface area contributed by atoms with E-state index in [-0.39, 0.29) is 11.9 Å². The number of carbonyl (C=O) groups is 2. The van der Waals surface area contributed by atoms with Gasteiger partial charge in [0.1, 0.15) is 5.60 Å². The first-order valence-electron chi connectivity index (χ1n) is 8.11. The molecule has 1 aromatic rings. The summed E-state index contributed by atoms with van der Waals surface area (Å²) in [4.78, 5) is 31.0. The highest BCUT2D eigenvalue weighted by atomic mass is 16.6. The number of amides is 1. The number of nitrogens with zero attached hydrogens (tertiary/aromatic N) is 2. The molecule has 0 aliphatic carbocycles. The van der Waals surface area contributed by atoms with Gasteiger partial charge >= 0.3 is 6.09 Å². The SMILES string of the molecule is CN(CC(=O)c1ccc[nH]1)C1CCN(C(=O)OC(C)(C)C)CC1. The number of ether oxygens (including phenoxy) is 1. The van der Waals surface area contributed by atoms with Gasteiger partial charge in [-0.15, -0.1) is 0 Å². The van der Waals surface area contributed by atoms with Crippen LogP contribution in [0.25, 0.3) is 0 Å². The number of hydrogen-bond donors (Lipinski definition) is 1. The van der Waals surface area contributed by atoms with Crippen molar-refractivity contribution in [2.75, 3.05) is 26.7 Å². The third-order valence-corrected chi connectivity index (χ3v) is 4.03. The molecule has 1 amide bonds. The van der Waals surface area contributed by atoms with Crippen molar-refractivity contribution in [3.63, 3.8) is 0 Å². The predicted molar refractivity (Wildman–Crippen MR) is 88.6 cm³/mol. The Kier molecular flexibility index (Phi) is 5.46. The molecule has 128 valence electrons. The van der Waals surface area contributed by atoms with Gasteiger partial charge in [0.05, 0.1) is 12.2 Å². The zero-order chi connectivity index (χ0) is 17.0. The second-order valence-electron chi connectivity index (χ2n) is 7.12. The maximum absolute atomic E-state index is 12.1. The summed E-state index contributed by atoms with van der Waals surface area (Å²) >= 11 is 0. The molecule has 1 N–H and O–H groups in total. The number of hydrogen-bond acceptors (Lipinski definition) is 4. The van der Waals surface area contributed by atoms with Crippen molar-refractivity contribution in [3.05, 3.63) is 24.0 Å². The van der Waals surface area contributed by atoms with E-state index in [0.717, 1.165) is 12.8 Å². The standard InChI is InChI=1S/C17H27N3O3/c1-17(2,3)23-16(22)20-10-7-13(8-11-20)19(4)12-15(21)14-6-5-9-18-14/h5-6,9,13,18H,7-8,10-12H2,1-4H3. The third-order valence-electron chi connectivity index (χ3n) is 4.03. The normalized spacial score (nSPS) is 16.7. The van der Waals surface area contributed by atoms with Gasteiger partial charge in [-0.1, -0.05) is 0 Å². The molecule has 1 aliphatic rings. The van der Waals surface area contributed by atoms with Gasteiger partial charge in [0.15, 0.2) is 5.78 Å². The fourth-order valence-electron chi connectivity index (χ4n) is 2.76. The number of aromatic nitrogens is 1. The fraction of sp³-hybridized carbons (Fsp3) is 0.647. The van der Waals surface area contributed by atoms with Crippen LogP contribution >= 0.6 is 0 Å². The lowest BCUT2D eigenvalue weighted by molar-refractivity contribution is 0.0156. The van der Waals surface area contributed by atoms with Crippen molar-refractivity contribution >= 4 is 11.9 Å². The zero-order valence-corrected chi connectivity index (χ0v) is 14.5. The summed E-state index contributed by atoms with van der Waals surface area (Å²) in [5.74, 6) is 0.0899. The van der Waals surface area contributed by atoms with Crippen molar-refractivity contribution in [2.24, 2.45) is 0 Å². The summed E-state index contributed by atoms with van der Waals surface area (Å²) in [6, 6.07) is 3.93. The second-order valence-corrected chi connectivity index (χ2v) is 7.12. The highest BCUT2D eigenvalue weighted by molar-refractivity contribution is 5.95. The summed E-state index contributed by atoms with van der Waals surface area (Å²) in [5, 5.41) is 0. The minimum absolute atomic E-state index is 0.0899. The maximum atomic E-state index is 12.1. The van der Waals surface area contributed by atoms with E-state index >= 15 is 0 Å². The van der Waals surface area contributed by atoms with Gasteiger partial charge in [-0.25, -0.2) is 4.79 Å². The van der Waals surface area contributed by atoms with E-state index in [1.165, 1.54) is 0 Å². The summed E-state index contributed by atoms with van der Waals surface area (Å²) in [5.41, 5.74) is 0.177. The second kappa shape index (κ2) is 7.17. The quantitative estimate of drug-likeness (QED) is 0.866. The van der Waals surface area contributed by atoms with Crippen LogP contribution in [0.3, 0.4) is 0 Å². The lowest BCUT2D eigenvalue weighted by atomic mass is 10.0. The highest BCUT2D eigenvalue weighted by Crippen LogP contribution is 2.18. The molecule has 0 saturated carbocycles. The molecule has 0 atom stereocenters. The Bertz CT molecular complexity index is 526. The lowest BCUT2D eigenvalue weighted by Crippen LogP contribution is -2.47. The van der Waals surface area contributed by atoms with Crippen LogP contribution in [0, 0.1) is 0 Å². The van der Waals surface area contributed by atoms with Gasteiger partial charge in [-0.3, -0.25) is 9.69 Å². The van der Waals surface area contributed by atoms with Gasteiger partial charge in [0, 0.05) is 25.3 Å². The fourth-order valence-corrected chi connectivity index (χ4v) is 2.76. The minimum Gasteiger partial charge on any atom is -0.444 e. The molecule has 1 aliphatic heterocycles. The molecule has 0 radical (unpaired) electrons. The van der Waals surface area contributed by atoms with Crippen LogP contribution < -0.4 is 0 Å². The van der Waals surface area contributed by atoms with Crippen molar-refractivity contribution < 1.29 is 14.3 Å². The molecule has 1 fully saturated rings. The monoisotopic (exact) mass is 321 g/mol. The smallest absolute Gasteiger partial charge is 0.410 e. The first-order valence-corrected chi connectivity index (χ1v) is 8.11. The van der Waals surface area contributed by atoms with E-state index in [1.54, 1.807) is 17.2 Å². The lowest BCUT2D eigenvalue weighted by Gasteiger charge is -2.37. The summed E-state index contributed by atoms with van der Waals surface area (Å²) in [6.07, 6.45) is 3.22. The Morgan fingerprint density at radius 3 is 2.52 bits per heavy atom. The number of rotatable bonds is 4. The number of likely N-dealkylation sites (N-methyl/N-ethyl adjacent to an activating group) is 1. The van der Waals surface area contributed by atoms with Crippen LogP contribution in [-0.2, 0) is 4.74 Å². The van der Waals surface area contributed by atoms with Crippen molar-refractivity contribution in [3.8, 4) is 0 Å². The molecule has 0 bridgehead atoms. The molecule has 6 heteroatoms. The number of H-pyrrole nitrogens is 1. The zero-order valence-electron chi connectivity index (χ0n) is 14.5. The van der Waals surface area contributed by atoms with Gasteiger partial charge in [-0.05, 0) is 52.8 Å². The predicted octanol–water partition coefficient (Wildman–Crippen LogP) is 2.53. The van der Waals surface area contributed by atoms with Crippen molar-refractivity contribution in [1.82, 2.24) is 14.8 Å². The number of aromatic amines is 1. The molecular formula is C17H27N3O3. The van der Waals surface area contributed by atoms with E-state index in [2.05, 4.69) is 9.88 Å². The first kappa shape index (κ1) is 17.5. The number of nitrogens with one attached hydrogen (secondary N) is 1. The van der Waals surface area contributed by atoms with E-state index in [0.29, 0.717) is 31.4 Å². The summed E-state index contributed by atoms with van der Waals surface area (Å²) in [7, 11) is 1.97. The van der Waals surface area contributed by atoms with E-state index in [4.69, 9.17) is 4.74 Å². The Balaban J connectivity index is 1.79. The van der Waals surface area contributed by atoms with Gasteiger partial charge in [0.25, 0.3) is 0 Å². The van der Waals surface area contributed by atoms with Gasteiger partial charge < -0.3 is 14.6 Å².